The molecule has 0 aliphatic carbocycles. The average Bonchev–Trinajstić information content (AvgIpc) is 2.54. The molecule has 0 aliphatic rings. The van der Waals surface area contributed by atoms with Gasteiger partial charge in [0.2, 0.25) is 0 Å². The maximum absolute atomic E-state index is 11.7. The predicted molar refractivity (Wildman–Crippen MR) is 76.2 cm³/mol. The summed E-state index contributed by atoms with van der Waals surface area (Å²) in [5.41, 5.74) is 0.439. The summed E-state index contributed by atoms with van der Waals surface area (Å²) in [4.78, 5) is 21.2. The minimum absolute atomic E-state index is 0.108. The Balaban J connectivity index is 0.000000253. The van der Waals surface area contributed by atoms with Gasteiger partial charge in [0.1, 0.15) is 0 Å². The van der Waals surface area contributed by atoms with Crippen molar-refractivity contribution in [1.82, 2.24) is 0 Å². The van der Waals surface area contributed by atoms with Gasteiger partial charge in [-0.1, -0.05) is 36.4 Å². The van der Waals surface area contributed by atoms with Crippen LogP contribution in [0.3, 0.4) is 0 Å². The van der Waals surface area contributed by atoms with Crippen LogP contribution >= 0.6 is 0 Å². The van der Waals surface area contributed by atoms with Crippen molar-refractivity contribution in [2.24, 2.45) is 0 Å². The Morgan fingerprint density at radius 3 is 1.65 bits per heavy atom. The van der Waals surface area contributed by atoms with E-state index in [0.29, 0.717) is 5.56 Å². The molecule has 2 rings (SSSR count). The third-order valence-corrected chi connectivity index (χ3v) is 2.40. The molecule has 0 saturated carbocycles. The number of halogens is 3. The fourth-order valence-electron chi connectivity index (χ4n) is 1.39. The van der Waals surface area contributed by atoms with Crippen LogP contribution in [-0.4, -0.2) is 29.8 Å². The first-order valence-corrected chi connectivity index (χ1v) is 6.37. The van der Waals surface area contributed by atoms with E-state index in [-0.39, 0.29) is 5.56 Å². The molecule has 1 N–H and O–H groups in total. The number of carbonyl (C=O) groups excluding carboxylic acids is 1. The summed E-state index contributed by atoms with van der Waals surface area (Å²) >= 11 is 0. The number of aromatic carboxylic acids is 1. The highest BCUT2D eigenvalue weighted by Crippen LogP contribution is 2.15. The molecule has 0 unspecified atom stereocenters. The molecule has 2 aromatic rings. The summed E-state index contributed by atoms with van der Waals surface area (Å²) in [6, 6.07) is 15.8. The van der Waals surface area contributed by atoms with Gasteiger partial charge < -0.3 is 9.84 Å². The molecule has 0 aromatic heterocycles. The largest absolute Gasteiger partial charge is 0.478 e. The van der Waals surface area contributed by atoms with Crippen LogP contribution in [0.15, 0.2) is 60.7 Å². The summed E-state index contributed by atoms with van der Waals surface area (Å²) in [7, 11) is 0. The van der Waals surface area contributed by atoms with Crippen LogP contribution in [0.1, 0.15) is 20.7 Å². The van der Waals surface area contributed by atoms with Crippen molar-refractivity contribution in [3.05, 3.63) is 71.8 Å². The molecule has 2 aromatic carbocycles. The van der Waals surface area contributed by atoms with Crippen molar-refractivity contribution < 1.29 is 32.6 Å². The topological polar surface area (TPSA) is 63.6 Å². The Morgan fingerprint density at radius 2 is 1.30 bits per heavy atom. The predicted octanol–water partition coefficient (Wildman–Crippen LogP) is 3.79. The summed E-state index contributed by atoms with van der Waals surface area (Å²) in [6.07, 6.45) is -4.48. The van der Waals surface area contributed by atoms with E-state index >= 15 is 0 Å². The second-order valence-corrected chi connectivity index (χ2v) is 4.23. The molecule has 0 spiro atoms. The second-order valence-electron chi connectivity index (χ2n) is 4.23. The van der Waals surface area contributed by atoms with Gasteiger partial charge >= 0.3 is 18.1 Å². The monoisotopic (exact) mass is 326 g/mol. The minimum Gasteiger partial charge on any atom is -0.478 e. The number of hydrogen-bond donors (Lipinski definition) is 1. The minimum atomic E-state index is -4.48. The number of ether oxygens (including phenoxy) is 1. The fraction of sp³-hybridized carbons (Fsp3) is 0.125. The number of benzene rings is 2. The quantitative estimate of drug-likeness (QED) is 0.872. The first-order valence-electron chi connectivity index (χ1n) is 6.37. The molecule has 0 saturated heterocycles. The van der Waals surface area contributed by atoms with Crippen LogP contribution in [0, 0.1) is 0 Å². The number of hydrogen-bond acceptors (Lipinski definition) is 3. The van der Waals surface area contributed by atoms with Crippen LogP contribution in [0.25, 0.3) is 0 Å². The summed E-state index contributed by atoms with van der Waals surface area (Å²) in [6.45, 7) is -1.55. The molecule has 23 heavy (non-hydrogen) atoms. The van der Waals surface area contributed by atoms with Gasteiger partial charge in [-0.25, -0.2) is 9.59 Å². The van der Waals surface area contributed by atoms with Crippen molar-refractivity contribution >= 4 is 11.9 Å². The van der Waals surface area contributed by atoms with Gasteiger partial charge in [0, 0.05) is 0 Å². The maximum Gasteiger partial charge on any atom is 0.422 e. The van der Waals surface area contributed by atoms with E-state index < -0.39 is 24.7 Å². The molecule has 0 fully saturated rings. The van der Waals surface area contributed by atoms with Gasteiger partial charge in [-0.2, -0.15) is 13.2 Å². The Labute approximate surface area is 130 Å². The highest BCUT2D eigenvalue weighted by atomic mass is 19.4. The van der Waals surface area contributed by atoms with Crippen molar-refractivity contribution in [3.63, 3.8) is 0 Å². The molecule has 0 aliphatic heterocycles. The number of alkyl halides is 3. The lowest BCUT2D eigenvalue weighted by Gasteiger charge is -2.07. The van der Waals surface area contributed by atoms with Crippen molar-refractivity contribution in [2.45, 2.75) is 6.18 Å². The van der Waals surface area contributed by atoms with Crippen molar-refractivity contribution in [2.75, 3.05) is 6.61 Å². The first kappa shape index (κ1) is 18.2. The van der Waals surface area contributed by atoms with Crippen LogP contribution in [0.5, 0.6) is 0 Å². The maximum atomic E-state index is 11.7. The Morgan fingerprint density at radius 1 is 0.870 bits per heavy atom. The van der Waals surface area contributed by atoms with Crippen molar-refractivity contribution in [3.8, 4) is 0 Å². The van der Waals surface area contributed by atoms with Gasteiger partial charge in [0.05, 0.1) is 11.1 Å². The van der Waals surface area contributed by atoms with Crippen LogP contribution in [0.2, 0.25) is 0 Å². The first-order chi connectivity index (χ1) is 10.8. The van der Waals surface area contributed by atoms with Gasteiger partial charge in [-0.05, 0) is 24.3 Å². The summed E-state index contributed by atoms with van der Waals surface area (Å²) in [5.74, 6) is -1.85. The van der Waals surface area contributed by atoms with Crippen LogP contribution in [-0.2, 0) is 4.74 Å². The third-order valence-electron chi connectivity index (χ3n) is 2.40. The molecule has 0 radical (unpaired) electrons. The number of rotatable bonds is 3. The molecular weight excluding hydrogens is 313 g/mol. The van der Waals surface area contributed by atoms with Crippen molar-refractivity contribution in [1.29, 1.82) is 0 Å². The van der Waals surface area contributed by atoms with Gasteiger partial charge in [0.15, 0.2) is 6.61 Å². The van der Waals surface area contributed by atoms with Crippen LogP contribution in [0.4, 0.5) is 13.2 Å². The van der Waals surface area contributed by atoms with E-state index in [2.05, 4.69) is 4.74 Å². The number of carboxylic acid groups (broad SMARTS) is 1. The zero-order chi connectivity index (χ0) is 17.3. The molecule has 0 heterocycles. The standard InChI is InChI=1S/C9H7F3O2.C7H6O2/c10-9(11,12)6-14-8(13)7-4-2-1-3-5-7;8-7(9)6-4-2-1-3-5-6/h1-5H,6H2;1-5H,(H,8,9). The number of esters is 1. The Kier molecular flexibility index (Phi) is 6.79. The fourth-order valence-corrected chi connectivity index (χ4v) is 1.39. The molecule has 4 nitrogen and oxygen atoms in total. The highest BCUT2D eigenvalue weighted by molar-refractivity contribution is 5.89. The SMILES string of the molecule is O=C(O)c1ccccc1.O=C(OCC(F)(F)F)c1ccccc1. The van der Waals surface area contributed by atoms with Gasteiger partial charge in [-0.15, -0.1) is 0 Å². The highest BCUT2D eigenvalue weighted by Gasteiger charge is 2.29. The average molecular weight is 326 g/mol. The normalized spacial score (nSPS) is 10.2. The lowest BCUT2D eigenvalue weighted by atomic mass is 10.2. The smallest absolute Gasteiger partial charge is 0.422 e. The van der Waals surface area contributed by atoms with E-state index in [1.165, 1.54) is 12.1 Å². The zero-order valence-electron chi connectivity index (χ0n) is 11.8. The second kappa shape index (κ2) is 8.57. The molecular formula is C16H13F3O4. The Hall–Kier alpha value is -2.83. The summed E-state index contributed by atoms with van der Waals surface area (Å²) in [5, 5.41) is 8.38. The molecule has 0 amide bonds. The lowest BCUT2D eigenvalue weighted by molar-refractivity contribution is -0.161. The number of carbonyl (C=O) groups is 2. The van der Waals surface area contributed by atoms with Gasteiger partial charge in [-0.3, -0.25) is 0 Å². The van der Waals surface area contributed by atoms with E-state index in [4.69, 9.17) is 5.11 Å². The molecule has 122 valence electrons. The van der Waals surface area contributed by atoms with Gasteiger partial charge in [0.25, 0.3) is 0 Å². The lowest BCUT2D eigenvalue weighted by Crippen LogP contribution is -2.20. The van der Waals surface area contributed by atoms with E-state index in [9.17, 15) is 22.8 Å². The van der Waals surface area contributed by atoms with E-state index in [0.717, 1.165) is 0 Å². The number of carboxylic acids is 1. The van der Waals surface area contributed by atoms with E-state index in [1.807, 2.05) is 0 Å². The molecule has 0 atom stereocenters. The molecule has 7 heteroatoms. The van der Waals surface area contributed by atoms with Crippen LogP contribution < -0.4 is 0 Å². The zero-order valence-corrected chi connectivity index (χ0v) is 11.8. The summed E-state index contributed by atoms with van der Waals surface area (Å²) < 4.78 is 39.0. The Bertz CT molecular complexity index is 625. The molecule has 0 bridgehead atoms. The third kappa shape index (κ3) is 7.66. The van der Waals surface area contributed by atoms with E-state index in [1.54, 1.807) is 48.5 Å².